The molecule has 28 heavy (non-hydrogen) atoms. The largest absolute Gasteiger partial charge is 0.493 e. The molecule has 2 unspecified atom stereocenters. The summed E-state index contributed by atoms with van der Waals surface area (Å²) in [5, 5.41) is 11.5. The second kappa shape index (κ2) is 9.96. The van der Waals surface area contributed by atoms with E-state index in [1.54, 1.807) is 26.0 Å². The molecule has 0 saturated carbocycles. The number of carboxylic acid groups (broad SMARTS) is 1. The Morgan fingerprint density at radius 2 is 2.00 bits per heavy atom. The average Bonchev–Trinajstić information content (AvgIpc) is 3.04. The number of amides is 2. The monoisotopic (exact) mass is 392 g/mol. The van der Waals surface area contributed by atoms with Crippen LogP contribution in [0.1, 0.15) is 25.3 Å². The Morgan fingerprint density at radius 1 is 1.29 bits per heavy atom. The standard InChI is InChI=1S/C20H28N2O6/c1-13(8-19(24)25)11-21-20(26)15-10-18(23)22(12-15)7-6-14-4-5-16(27-2)17(9-14)28-3/h4-5,9,13,15H,6-8,10-12H2,1-3H3,(H,21,26)(H,24,25). The van der Waals surface area contributed by atoms with E-state index in [0.717, 1.165) is 5.56 Å². The molecular formula is C20H28N2O6. The summed E-state index contributed by atoms with van der Waals surface area (Å²) >= 11 is 0. The van der Waals surface area contributed by atoms with Crippen LogP contribution >= 0.6 is 0 Å². The summed E-state index contributed by atoms with van der Waals surface area (Å²) in [6, 6.07) is 5.64. The maximum Gasteiger partial charge on any atom is 0.303 e. The van der Waals surface area contributed by atoms with Crippen LogP contribution in [0.15, 0.2) is 18.2 Å². The summed E-state index contributed by atoms with van der Waals surface area (Å²) in [5.74, 6) is -0.384. The maximum atomic E-state index is 12.3. The van der Waals surface area contributed by atoms with Gasteiger partial charge in [0.15, 0.2) is 11.5 Å². The second-order valence-electron chi connectivity index (χ2n) is 7.13. The lowest BCUT2D eigenvalue weighted by molar-refractivity contribution is -0.138. The van der Waals surface area contributed by atoms with Gasteiger partial charge in [0.05, 0.1) is 20.1 Å². The zero-order valence-corrected chi connectivity index (χ0v) is 16.6. The zero-order valence-electron chi connectivity index (χ0n) is 16.6. The molecule has 2 atom stereocenters. The molecule has 1 fully saturated rings. The Bertz CT molecular complexity index is 721. The number of carbonyl (C=O) groups is 3. The van der Waals surface area contributed by atoms with Gasteiger partial charge in [-0.1, -0.05) is 13.0 Å². The number of likely N-dealkylation sites (tertiary alicyclic amines) is 1. The normalized spacial score (nSPS) is 17.3. The smallest absolute Gasteiger partial charge is 0.303 e. The van der Waals surface area contributed by atoms with Crippen LogP contribution < -0.4 is 14.8 Å². The van der Waals surface area contributed by atoms with Gasteiger partial charge in [-0.15, -0.1) is 0 Å². The van der Waals surface area contributed by atoms with Gasteiger partial charge in [0.25, 0.3) is 0 Å². The minimum atomic E-state index is -0.890. The van der Waals surface area contributed by atoms with Crippen LogP contribution in [0, 0.1) is 11.8 Å². The number of benzene rings is 1. The minimum absolute atomic E-state index is 0.00132. The van der Waals surface area contributed by atoms with Crippen LogP contribution in [0.4, 0.5) is 0 Å². The molecule has 8 heteroatoms. The SMILES string of the molecule is COc1ccc(CCN2CC(C(=O)NCC(C)CC(=O)O)CC2=O)cc1OC. The summed E-state index contributed by atoms with van der Waals surface area (Å²) < 4.78 is 10.5. The van der Waals surface area contributed by atoms with Gasteiger partial charge in [0.2, 0.25) is 11.8 Å². The average molecular weight is 392 g/mol. The Hall–Kier alpha value is -2.77. The third-order valence-electron chi connectivity index (χ3n) is 4.85. The van der Waals surface area contributed by atoms with Gasteiger partial charge in [0, 0.05) is 32.5 Å². The van der Waals surface area contributed by atoms with E-state index in [1.807, 2.05) is 18.2 Å². The lowest BCUT2D eigenvalue weighted by Crippen LogP contribution is -2.36. The van der Waals surface area contributed by atoms with Gasteiger partial charge < -0.3 is 24.8 Å². The Balaban J connectivity index is 1.84. The van der Waals surface area contributed by atoms with E-state index in [2.05, 4.69) is 5.32 Å². The molecule has 1 heterocycles. The molecule has 2 amide bonds. The summed E-state index contributed by atoms with van der Waals surface area (Å²) in [6.07, 6.45) is 0.836. The lowest BCUT2D eigenvalue weighted by atomic mass is 10.1. The van der Waals surface area contributed by atoms with E-state index in [9.17, 15) is 14.4 Å². The predicted molar refractivity (Wildman–Crippen MR) is 102 cm³/mol. The highest BCUT2D eigenvalue weighted by Gasteiger charge is 2.34. The van der Waals surface area contributed by atoms with Crippen LogP contribution in [0.2, 0.25) is 0 Å². The summed E-state index contributed by atoms with van der Waals surface area (Å²) in [4.78, 5) is 36.9. The lowest BCUT2D eigenvalue weighted by Gasteiger charge is -2.17. The van der Waals surface area contributed by atoms with Crippen molar-refractivity contribution >= 4 is 17.8 Å². The number of carboxylic acids is 1. The van der Waals surface area contributed by atoms with Crippen molar-refractivity contribution < 1.29 is 29.0 Å². The third-order valence-corrected chi connectivity index (χ3v) is 4.85. The first-order valence-corrected chi connectivity index (χ1v) is 9.32. The number of hydrogen-bond donors (Lipinski definition) is 2. The molecule has 2 N–H and O–H groups in total. The van der Waals surface area contributed by atoms with E-state index < -0.39 is 11.9 Å². The molecule has 1 saturated heterocycles. The van der Waals surface area contributed by atoms with Crippen LogP contribution in [0.25, 0.3) is 0 Å². The van der Waals surface area contributed by atoms with Crippen molar-refractivity contribution in [3.8, 4) is 11.5 Å². The summed E-state index contributed by atoms with van der Waals surface area (Å²) in [6.45, 7) is 2.96. The van der Waals surface area contributed by atoms with Crippen molar-refractivity contribution in [3.05, 3.63) is 23.8 Å². The zero-order chi connectivity index (χ0) is 20.7. The molecule has 1 aromatic rings. The highest BCUT2D eigenvalue weighted by molar-refractivity contribution is 5.89. The number of carbonyl (C=O) groups excluding carboxylic acids is 2. The van der Waals surface area contributed by atoms with Crippen LogP contribution in [-0.2, 0) is 20.8 Å². The summed E-state index contributed by atoms with van der Waals surface area (Å²) in [7, 11) is 3.15. The first-order valence-electron chi connectivity index (χ1n) is 9.32. The fourth-order valence-electron chi connectivity index (χ4n) is 3.25. The van der Waals surface area contributed by atoms with Crippen LogP contribution in [-0.4, -0.2) is 61.6 Å². The van der Waals surface area contributed by atoms with E-state index >= 15 is 0 Å². The molecule has 1 aromatic carbocycles. The van der Waals surface area contributed by atoms with Crippen molar-refractivity contribution in [3.63, 3.8) is 0 Å². The van der Waals surface area contributed by atoms with E-state index in [4.69, 9.17) is 14.6 Å². The summed E-state index contributed by atoms with van der Waals surface area (Å²) in [5.41, 5.74) is 1.01. The number of rotatable bonds is 10. The molecule has 0 aromatic heterocycles. The number of methoxy groups -OCH3 is 2. The molecule has 1 aliphatic heterocycles. The number of aliphatic carboxylic acids is 1. The Labute approximate surface area is 164 Å². The quantitative estimate of drug-likeness (QED) is 0.622. The molecule has 1 aliphatic rings. The number of hydrogen-bond acceptors (Lipinski definition) is 5. The maximum absolute atomic E-state index is 12.3. The molecule has 0 bridgehead atoms. The number of nitrogens with zero attached hydrogens (tertiary/aromatic N) is 1. The first kappa shape index (κ1) is 21.5. The molecular weight excluding hydrogens is 364 g/mol. The molecule has 2 rings (SSSR count). The van der Waals surface area contributed by atoms with Crippen molar-refractivity contribution in [2.45, 2.75) is 26.2 Å². The predicted octanol–water partition coefficient (Wildman–Crippen LogP) is 1.32. The second-order valence-corrected chi connectivity index (χ2v) is 7.13. The highest BCUT2D eigenvalue weighted by atomic mass is 16.5. The van der Waals surface area contributed by atoms with Gasteiger partial charge in [-0.3, -0.25) is 14.4 Å². The van der Waals surface area contributed by atoms with Crippen molar-refractivity contribution in [2.24, 2.45) is 11.8 Å². The third kappa shape index (κ3) is 5.87. The van der Waals surface area contributed by atoms with Gasteiger partial charge in [0.1, 0.15) is 0 Å². The van der Waals surface area contributed by atoms with Crippen molar-refractivity contribution in [2.75, 3.05) is 33.9 Å². The van der Waals surface area contributed by atoms with Crippen molar-refractivity contribution in [1.82, 2.24) is 10.2 Å². The van der Waals surface area contributed by atoms with Crippen LogP contribution in [0.5, 0.6) is 11.5 Å². The van der Waals surface area contributed by atoms with E-state index in [-0.39, 0.29) is 30.6 Å². The molecule has 0 radical (unpaired) electrons. The molecule has 154 valence electrons. The van der Waals surface area contributed by atoms with Gasteiger partial charge in [-0.05, 0) is 30.0 Å². The highest BCUT2D eigenvalue weighted by Crippen LogP contribution is 2.28. The van der Waals surface area contributed by atoms with Gasteiger partial charge >= 0.3 is 5.97 Å². The number of nitrogens with one attached hydrogen (secondary N) is 1. The fraction of sp³-hybridized carbons (Fsp3) is 0.550. The van der Waals surface area contributed by atoms with Crippen molar-refractivity contribution in [1.29, 1.82) is 0 Å². The van der Waals surface area contributed by atoms with E-state index in [1.165, 1.54) is 0 Å². The van der Waals surface area contributed by atoms with Gasteiger partial charge in [-0.25, -0.2) is 0 Å². The minimum Gasteiger partial charge on any atom is -0.493 e. The van der Waals surface area contributed by atoms with Gasteiger partial charge in [-0.2, -0.15) is 0 Å². The topological polar surface area (TPSA) is 105 Å². The molecule has 0 aliphatic carbocycles. The van der Waals surface area contributed by atoms with Crippen LogP contribution in [0.3, 0.4) is 0 Å². The Morgan fingerprint density at radius 3 is 2.64 bits per heavy atom. The van der Waals surface area contributed by atoms with E-state index in [0.29, 0.717) is 37.6 Å². The first-order chi connectivity index (χ1) is 13.3. The molecule has 8 nitrogen and oxygen atoms in total. The number of ether oxygens (including phenoxy) is 2. The molecule has 0 spiro atoms. The Kier molecular flexibility index (Phi) is 7.66. The fourth-order valence-corrected chi connectivity index (χ4v) is 3.25.